The highest BCUT2D eigenvalue weighted by atomic mass is 79.9. The van der Waals surface area contributed by atoms with Gasteiger partial charge in [0.1, 0.15) is 5.82 Å². The van der Waals surface area contributed by atoms with Crippen molar-refractivity contribution >= 4 is 21.6 Å². The zero-order valence-electron chi connectivity index (χ0n) is 12.0. The van der Waals surface area contributed by atoms with Gasteiger partial charge in [0.05, 0.1) is 4.47 Å². The summed E-state index contributed by atoms with van der Waals surface area (Å²) in [6.45, 7) is 5.20. The lowest BCUT2D eigenvalue weighted by Gasteiger charge is -2.35. The molecule has 2 nitrogen and oxygen atoms in total. The summed E-state index contributed by atoms with van der Waals surface area (Å²) >= 11 is 3.32. The minimum atomic E-state index is -0.172. The fraction of sp³-hybridized carbons (Fsp3) is 0.625. The van der Waals surface area contributed by atoms with Gasteiger partial charge < -0.3 is 10.2 Å². The number of anilines is 1. The van der Waals surface area contributed by atoms with E-state index >= 15 is 0 Å². The Bertz CT molecular complexity index is 497. The summed E-state index contributed by atoms with van der Waals surface area (Å²) in [5, 5.41) is 3.77. The summed E-state index contributed by atoms with van der Waals surface area (Å²) in [7, 11) is 0. The number of hydrogen-bond acceptors (Lipinski definition) is 2. The second-order valence-electron chi connectivity index (χ2n) is 6.24. The second-order valence-corrected chi connectivity index (χ2v) is 7.10. The first-order valence-electron chi connectivity index (χ1n) is 7.55. The molecule has 1 saturated heterocycles. The predicted octanol–water partition coefficient (Wildman–Crippen LogP) is 4.01. The normalized spacial score (nSPS) is 22.2. The SMILES string of the molecule is Cc1cc(F)c(Br)cc1N1CCCNC2(CCCC2)C1. The van der Waals surface area contributed by atoms with Gasteiger partial charge in [-0.25, -0.2) is 4.39 Å². The van der Waals surface area contributed by atoms with Crippen LogP contribution >= 0.6 is 15.9 Å². The molecule has 1 spiro atoms. The van der Waals surface area contributed by atoms with Crippen LogP contribution in [0.3, 0.4) is 0 Å². The van der Waals surface area contributed by atoms with Gasteiger partial charge in [0, 0.05) is 24.3 Å². The molecule has 4 heteroatoms. The van der Waals surface area contributed by atoms with Crippen LogP contribution < -0.4 is 10.2 Å². The maximum Gasteiger partial charge on any atom is 0.137 e. The van der Waals surface area contributed by atoms with Crippen LogP contribution in [-0.4, -0.2) is 25.2 Å². The Hall–Kier alpha value is -0.610. The predicted molar refractivity (Wildman–Crippen MR) is 84.9 cm³/mol. The third-order valence-corrected chi connectivity index (χ3v) is 5.35. The first kappa shape index (κ1) is 14.3. The van der Waals surface area contributed by atoms with Gasteiger partial charge in [-0.1, -0.05) is 12.8 Å². The Kier molecular flexibility index (Phi) is 4.04. The van der Waals surface area contributed by atoms with Crippen LogP contribution in [0.1, 0.15) is 37.7 Å². The lowest BCUT2D eigenvalue weighted by Crippen LogP contribution is -2.49. The van der Waals surface area contributed by atoms with Gasteiger partial charge in [-0.2, -0.15) is 0 Å². The van der Waals surface area contributed by atoms with Crippen molar-refractivity contribution in [1.29, 1.82) is 0 Å². The van der Waals surface area contributed by atoms with E-state index in [4.69, 9.17) is 0 Å². The number of aryl methyl sites for hydroxylation is 1. The first-order chi connectivity index (χ1) is 9.60. The number of hydrogen-bond donors (Lipinski definition) is 1. The van der Waals surface area contributed by atoms with E-state index < -0.39 is 0 Å². The monoisotopic (exact) mass is 340 g/mol. The molecule has 20 heavy (non-hydrogen) atoms. The van der Waals surface area contributed by atoms with Gasteiger partial charge in [-0.15, -0.1) is 0 Å². The standard InChI is InChI=1S/C16H22BrFN2/c1-12-9-14(18)13(17)10-15(12)20-8-4-7-19-16(11-20)5-2-3-6-16/h9-10,19H,2-8,11H2,1H3. The molecule has 0 aromatic heterocycles. The van der Waals surface area contributed by atoms with Crippen molar-refractivity contribution < 1.29 is 4.39 Å². The van der Waals surface area contributed by atoms with Crippen LogP contribution in [0.2, 0.25) is 0 Å². The van der Waals surface area contributed by atoms with E-state index in [9.17, 15) is 4.39 Å². The molecule has 2 fully saturated rings. The molecule has 2 aliphatic rings. The largest absolute Gasteiger partial charge is 0.369 e. The third-order valence-electron chi connectivity index (χ3n) is 4.74. The lowest BCUT2D eigenvalue weighted by molar-refractivity contribution is 0.354. The van der Waals surface area contributed by atoms with Gasteiger partial charge in [-0.3, -0.25) is 0 Å². The summed E-state index contributed by atoms with van der Waals surface area (Å²) in [6, 6.07) is 3.58. The summed E-state index contributed by atoms with van der Waals surface area (Å²) in [5.74, 6) is -0.172. The van der Waals surface area contributed by atoms with Crippen LogP contribution in [0, 0.1) is 12.7 Å². The molecule has 0 amide bonds. The van der Waals surface area contributed by atoms with Crippen LogP contribution in [0.4, 0.5) is 10.1 Å². The van der Waals surface area contributed by atoms with Crippen molar-refractivity contribution in [2.45, 2.75) is 44.6 Å². The van der Waals surface area contributed by atoms with Gasteiger partial charge in [-0.05, 0) is 66.4 Å². The van der Waals surface area contributed by atoms with E-state index in [1.165, 1.54) is 31.4 Å². The lowest BCUT2D eigenvalue weighted by atomic mass is 9.96. The van der Waals surface area contributed by atoms with E-state index in [1.807, 2.05) is 13.0 Å². The Morgan fingerprint density at radius 3 is 2.75 bits per heavy atom. The third kappa shape index (κ3) is 2.73. The molecule has 1 aromatic rings. The molecule has 0 atom stereocenters. The number of rotatable bonds is 1. The highest BCUT2D eigenvalue weighted by Gasteiger charge is 2.36. The molecular weight excluding hydrogens is 319 g/mol. The molecule has 1 aliphatic carbocycles. The van der Waals surface area contributed by atoms with Crippen molar-refractivity contribution in [2.24, 2.45) is 0 Å². The zero-order valence-corrected chi connectivity index (χ0v) is 13.6. The molecule has 1 aliphatic heterocycles. The first-order valence-corrected chi connectivity index (χ1v) is 8.35. The topological polar surface area (TPSA) is 15.3 Å². The van der Waals surface area contributed by atoms with Gasteiger partial charge >= 0.3 is 0 Å². The van der Waals surface area contributed by atoms with Crippen molar-refractivity contribution in [3.63, 3.8) is 0 Å². The molecule has 0 unspecified atom stereocenters. The smallest absolute Gasteiger partial charge is 0.137 e. The van der Waals surface area contributed by atoms with Crippen molar-refractivity contribution in [1.82, 2.24) is 5.32 Å². The van der Waals surface area contributed by atoms with E-state index in [2.05, 4.69) is 26.1 Å². The molecule has 1 heterocycles. The maximum absolute atomic E-state index is 13.6. The highest BCUT2D eigenvalue weighted by molar-refractivity contribution is 9.10. The molecule has 1 saturated carbocycles. The van der Waals surface area contributed by atoms with Crippen molar-refractivity contribution in [2.75, 3.05) is 24.5 Å². The Morgan fingerprint density at radius 1 is 1.25 bits per heavy atom. The van der Waals surface area contributed by atoms with E-state index in [0.29, 0.717) is 4.47 Å². The molecule has 0 radical (unpaired) electrons. The van der Waals surface area contributed by atoms with Gasteiger partial charge in [0.2, 0.25) is 0 Å². The highest BCUT2D eigenvalue weighted by Crippen LogP contribution is 2.35. The average Bonchev–Trinajstić information content (AvgIpc) is 2.75. The number of benzene rings is 1. The Balaban J connectivity index is 1.90. The summed E-state index contributed by atoms with van der Waals surface area (Å²) in [4.78, 5) is 2.45. The Morgan fingerprint density at radius 2 is 2.00 bits per heavy atom. The molecule has 0 bridgehead atoms. The van der Waals surface area contributed by atoms with Crippen LogP contribution in [0.15, 0.2) is 16.6 Å². The summed E-state index contributed by atoms with van der Waals surface area (Å²) in [5.41, 5.74) is 2.48. The van der Waals surface area contributed by atoms with Gasteiger partial charge in [0.25, 0.3) is 0 Å². The maximum atomic E-state index is 13.6. The molecule has 3 rings (SSSR count). The number of nitrogens with zero attached hydrogens (tertiary/aromatic N) is 1. The minimum Gasteiger partial charge on any atom is -0.369 e. The summed E-state index contributed by atoms with van der Waals surface area (Å²) < 4.78 is 14.2. The zero-order chi connectivity index (χ0) is 14.2. The molecular formula is C16H22BrFN2. The second kappa shape index (κ2) is 5.64. The summed E-state index contributed by atoms with van der Waals surface area (Å²) in [6.07, 6.45) is 6.34. The minimum absolute atomic E-state index is 0.172. The van der Waals surface area contributed by atoms with E-state index in [1.54, 1.807) is 6.07 Å². The van der Waals surface area contributed by atoms with Crippen LogP contribution in [0.5, 0.6) is 0 Å². The number of nitrogens with one attached hydrogen (secondary N) is 1. The van der Waals surface area contributed by atoms with Crippen LogP contribution in [-0.2, 0) is 0 Å². The van der Waals surface area contributed by atoms with E-state index in [0.717, 1.165) is 31.6 Å². The molecule has 110 valence electrons. The fourth-order valence-corrected chi connectivity index (χ4v) is 4.02. The number of halogens is 2. The van der Waals surface area contributed by atoms with E-state index in [-0.39, 0.29) is 11.4 Å². The van der Waals surface area contributed by atoms with Crippen molar-refractivity contribution in [3.05, 3.63) is 28.0 Å². The Labute approximate surface area is 128 Å². The van der Waals surface area contributed by atoms with Crippen molar-refractivity contribution in [3.8, 4) is 0 Å². The van der Waals surface area contributed by atoms with Gasteiger partial charge in [0.15, 0.2) is 0 Å². The van der Waals surface area contributed by atoms with Crippen LogP contribution in [0.25, 0.3) is 0 Å². The average molecular weight is 341 g/mol. The molecule has 1 N–H and O–H groups in total. The fourth-order valence-electron chi connectivity index (χ4n) is 3.69. The molecule has 1 aromatic carbocycles. The quantitative estimate of drug-likeness (QED) is 0.830.